The molecule has 0 radical (unpaired) electrons. The van der Waals surface area contributed by atoms with Crippen molar-refractivity contribution in [1.82, 2.24) is 14.9 Å². The Labute approximate surface area is 204 Å². The highest BCUT2D eigenvalue weighted by molar-refractivity contribution is 5.99. The Morgan fingerprint density at radius 2 is 1.86 bits per heavy atom. The van der Waals surface area contributed by atoms with E-state index < -0.39 is 23.3 Å². The number of nitrogens with zero attached hydrogens (tertiary/aromatic N) is 3. The summed E-state index contributed by atoms with van der Waals surface area (Å²) in [7, 11) is 0. The molecular formula is C27H30F2N4O2. The molecule has 1 atom stereocenters. The summed E-state index contributed by atoms with van der Waals surface area (Å²) in [6.45, 7) is 12.1. The minimum absolute atomic E-state index is 0.0512. The van der Waals surface area contributed by atoms with Crippen LogP contribution in [0.3, 0.4) is 0 Å². The van der Waals surface area contributed by atoms with E-state index in [1.807, 2.05) is 27.7 Å². The molecule has 184 valence electrons. The number of hydrogen-bond acceptors (Lipinski definition) is 5. The largest absolute Gasteiger partial charge is 0.472 e. The van der Waals surface area contributed by atoms with Gasteiger partial charge in [0.1, 0.15) is 23.1 Å². The summed E-state index contributed by atoms with van der Waals surface area (Å²) in [4.78, 5) is 22.8. The minimum Gasteiger partial charge on any atom is -0.472 e. The van der Waals surface area contributed by atoms with Crippen LogP contribution in [0.5, 0.6) is 5.88 Å². The van der Waals surface area contributed by atoms with Crippen molar-refractivity contribution < 1.29 is 18.3 Å². The van der Waals surface area contributed by atoms with Gasteiger partial charge in [-0.05, 0) is 70.9 Å². The zero-order valence-corrected chi connectivity index (χ0v) is 20.9. The molecule has 0 fully saturated rings. The third-order valence-electron chi connectivity index (χ3n) is 5.99. The molecule has 1 unspecified atom stereocenters. The van der Waals surface area contributed by atoms with E-state index >= 15 is 8.78 Å². The van der Waals surface area contributed by atoms with Crippen molar-refractivity contribution in [3.05, 3.63) is 70.5 Å². The van der Waals surface area contributed by atoms with Gasteiger partial charge in [-0.1, -0.05) is 0 Å². The molecule has 1 aromatic carbocycles. The average Bonchev–Trinajstić information content (AvgIpc) is 3.12. The van der Waals surface area contributed by atoms with Crippen LogP contribution >= 0.6 is 0 Å². The van der Waals surface area contributed by atoms with Crippen molar-refractivity contribution >= 4 is 11.7 Å². The number of carbonyl (C=O) groups is 1. The van der Waals surface area contributed by atoms with Crippen molar-refractivity contribution in [3.63, 3.8) is 0 Å². The zero-order valence-electron chi connectivity index (χ0n) is 20.9. The van der Waals surface area contributed by atoms with Crippen LogP contribution in [0, 0.1) is 18.6 Å². The van der Waals surface area contributed by atoms with Crippen LogP contribution < -0.4 is 10.1 Å². The van der Waals surface area contributed by atoms with Gasteiger partial charge in [0.15, 0.2) is 0 Å². The first-order valence-corrected chi connectivity index (χ1v) is 11.7. The molecule has 2 aromatic heterocycles. The Kier molecular flexibility index (Phi) is 6.49. The monoisotopic (exact) mass is 480 g/mol. The molecule has 1 aliphatic heterocycles. The van der Waals surface area contributed by atoms with Gasteiger partial charge in [-0.2, -0.15) is 0 Å². The van der Waals surface area contributed by atoms with Gasteiger partial charge >= 0.3 is 0 Å². The van der Waals surface area contributed by atoms with Crippen molar-refractivity contribution in [3.8, 4) is 17.0 Å². The molecule has 0 aliphatic carbocycles. The van der Waals surface area contributed by atoms with Crippen molar-refractivity contribution in [1.29, 1.82) is 0 Å². The lowest BCUT2D eigenvalue weighted by molar-refractivity contribution is 0.0787. The summed E-state index contributed by atoms with van der Waals surface area (Å²) in [5, 5.41) is 3.17. The molecule has 35 heavy (non-hydrogen) atoms. The summed E-state index contributed by atoms with van der Waals surface area (Å²) in [6.07, 6.45) is 3.14. The fourth-order valence-electron chi connectivity index (χ4n) is 4.21. The van der Waals surface area contributed by atoms with Gasteiger partial charge in [-0.25, -0.2) is 18.7 Å². The SMILES string of the molecule is CCN1Cc2c(ccnc2NC(C)c2cc(F)c(-c3cc(OC(C)(C)C)ncc3C)cc2F)C1=O. The van der Waals surface area contributed by atoms with Crippen LogP contribution in [0.1, 0.15) is 67.7 Å². The summed E-state index contributed by atoms with van der Waals surface area (Å²) < 4.78 is 36.4. The number of nitrogens with one attached hydrogen (secondary N) is 1. The normalized spacial score (nSPS) is 14.2. The van der Waals surface area contributed by atoms with E-state index in [0.717, 1.165) is 5.56 Å². The molecule has 0 bridgehead atoms. The molecule has 0 saturated carbocycles. The van der Waals surface area contributed by atoms with Crippen LogP contribution in [-0.4, -0.2) is 32.9 Å². The van der Waals surface area contributed by atoms with E-state index in [4.69, 9.17) is 4.74 Å². The van der Waals surface area contributed by atoms with Crippen LogP contribution in [0.2, 0.25) is 0 Å². The van der Waals surface area contributed by atoms with Gasteiger partial charge in [0.25, 0.3) is 5.91 Å². The molecule has 1 amide bonds. The summed E-state index contributed by atoms with van der Waals surface area (Å²) in [5.74, 6) is -0.307. The Bertz CT molecular complexity index is 1290. The highest BCUT2D eigenvalue weighted by atomic mass is 19.1. The van der Waals surface area contributed by atoms with Gasteiger partial charge in [0, 0.05) is 47.3 Å². The molecule has 8 heteroatoms. The Balaban J connectivity index is 1.64. The fourth-order valence-corrected chi connectivity index (χ4v) is 4.21. The molecule has 3 aromatic rings. The van der Waals surface area contributed by atoms with Crippen molar-refractivity contribution in [2.24, 2.45) is 0 Å². The maximum Gasteiger partial charge on any atom is 0.254 e. The van der Waals surface area contributed by atoms with Crippen molar-refractivity contribution in [2.45, 2.75) is 59.7 Å². The number of halogens is 2. The first kappa shape index (κ1) is 24.6. The van der Waals surface area contributed by atoms with Crippen LogP contribution in [0.25, 0.3) is 11.1 Å². The van der Waals surface area contributed by atoms with Crippen LogP contribution in [0.15, 0.2) is 36.7 Å². The second-order valence-electron chi connectivity index (χ2n) is 9.78. The third kappa shape index (κ3) is 4.97. The number of ether oxygens (including phenoxy) is 1. The van der Waals surface area contributed by atoms with Crippen LogP contribution in [-0.2, 0) is 6.54 Å². The third-order valence-corrected chi connectivity index (χ3v) is 5.99. The number of pyridine rings is 2. The lowest BCUT2D eigenvalue weighted by atomic mass is 9.97. The Morgan fingerprint density at radius 3 is 2.54 bits per heavy atom. The summed E-state index contributed by atoms with van der Waals surface area (Å²) in [6, 6.07) is 5.15. The highest BCUT2D eigenvalue weighted by Crippen LogP contribution is 2.34. The Hall–Kier alpha value is -3.55. The van der Waals surface area contributed by atoms with E-state index in [1.54, 1.807) is 43.3 Å². The fraction of sp³-hybridized carbons (Fsp3) is 0.370. The molecular weight excluding hydrogens is 450 g/mol. The number of fused-ring (bicyclic) bond motifs is 1. The highest BCUT2D eigenvalue weighted by Gasteiger charge is 2.29. The van der Waals surface area contributed by atoms with Gasteiger partial charge in [0.2, 0.25) is 5.88 Å². The molecule has 3 heterocycles. The lowest BCUT2D eigenvalue weighted by Crippen LogP contribution is -2.23. The second kappa shape index (κ2) is 9.24. The summed E-state index contributed by atoms with van der Waals surface area (Å²) in [5.41, 5.74) is 2.41. The van der Waals surface area contributed by atoms with Gasteiger partial charge < -0.3 is 15.0 Å². The maximum absolute atomic E-state index is 15.3. The zero-order chi connectivity index (χ0) is 25.5. The smallest absolute Gasteiger partial charge is 0.254 e. The first-order chi connectivity index (χ1) is 16.5. The standard InChI is InChI=1S/C27H30F2N4O2/c1-7-33-14-21-17(26(33)34)8-9-30-25(21)32-16(3)19-10-23(29)20(11-22(19)28)18-12-24(31-13-15(18)2)35-27(4,5)6/h8-13,16H,7,14H2,1-6H3,(H,30,32). The molecule has 4 rings (SSSR count). The molecule has 1 aliphatic rings. The quantitative estimate of drug-likeness (QED) is 0.465. The van der Waals surface area contributed by atoms with E-state index in [9.17, 15) is 4.79 Å². The Morgan fingerprint density at radius 1 is 1.11 bits per heavy atom. The topological polar surface area (TPSA) is 67.3 Å². The number of rotatable bonds is 6. The van der Waals surface area contributed by atoms with E-state index in [1.165, 1.54) is 12.1 Å². The average molecular weight is 481 g/mol. The second-order valence-corrected chi connectivity index (χ2v) is 9.78. The van der Waals surface area contributed by atoms with Gasteiger partial charge in [-0.15, -0.1) is 0 Å². The molecule has 1 N–H and O–H groups in total. The lowest BCUT2D eigenvalue weighted by Gasteiger charge is -2.21. The van der Waals surface area contributed by atoms with Gasteiger partial charge in [-0.3, -0.25) is 4.79 Å². The van der Waals surface area contributed by atoms with E-state index in [2.05, 4.69) is 15.3 Å². The van der Waals surface area contributed by atoms with Crippen LogP contribution in [0.4, 0.5) is 14.6 Å². The predicted molar refractivity (Wildman–Crippen MR) is 131 cm³/mol. The van der Waals surface area contributed by atoms with Gasteiger partial charge in [0.05, 0.1) is 12.6 Å². The molecule has 0 spiro atoms. The minimum atomic E-state index is -0.582. The number of anilines is 1. The first-order valence-electron chi connectivity index (χ1n) is 11.7. The molecule has 6 nitrogen and oxygen atoms in total. The van der Waals surface area contributed by atoms with E-state index in [-0.39, 0.29) is 17.0 Å². The summed E-state index contributed by atoms with van der Waals surface area (Å²) >= 11 is 0. The van der Waals surface area contributed by atoms with E-state index in [0.29, 0.717) is 41.5 Å². The number of carbonyl (C=O) groups excluding carboxylic acids is 1. The molecule has 0 saturated heterocycles. The maximum atomic E-state index is 15.3. The van der Waals surface area contributed by atoms with Crippen molar-refractivity contribution in [2.75, 3.05) is 11.9 Å². The number of amides is 1. The number of aromatic nitrogens is 2. The number of aryl methyl sites for hydroxylation is 1. The number of benzene rings is 1. The predicted octanol–water partition coefficient (Wildman–Crippen LogP) is 6.06. The number of hydrogen-bond donors (Lipinski definition) is 1.